The van der Waals surface area contributed by atoms with Gasteiger partial charge in [-0.2, -0.15) is 4.68 Å². The molecule has 3 aromatic rings. The number of hydrogen-bond donors (Lipinski definition) is 2. The minimum Gasteiger partial charge on any atom is -0.394 e. The van der Waals surface area contributed by atoms with E-state index in [9.17, 15) is 9.90 Å². The Bertz CT molecular complexity index is 957. The lowest BCUT2D eigenvalue weighted by atomic mass is 10.0. The first-order chi connectivity index (χ1) is 13.5. The average Bonchev–Trinajstić information content (AvgIpc) is 3.16. The summed E-state index contributed by atoms with van der Waals surface area (Å²) in [6, 6.07) is 8.49. The van der Waals surface area contributed by atoms with Gasteiger partial charge in [-0.25, -0.2) is 0 Å². The lowest BCUT2D eigenvalue weighted by molar-refractivity contribution is 0.0922. The van der Waals surface area contributed by atoms with E-state index in [0.717, 1.165) is 12.0 Å². The standard InChI is InChI=1S/C19H21ClN6O2/c1-3-4-18-23-24-25-26(18)16-8-13(17-6-5-15(20)10-21-17)7-14(9-16)19(28)22-12(2)11-27/h5-10,12,27H,3-4,11H2,1-2H3,(H,22,28)/t12-/m0/s1. The van der Waals surface area contributed by atoms with E-state index in [1.165, 1.54) is 0 Å². The highest BCUT2D eigenvalue weighted by molar-refractivity contribution is 6.30. The van der Waals surface area contributed by atoms with Crippen molar-refractivity contribution in [2.75, 3.05) is 6.61 Å². The molecule has 0 saturated heterocycles. The maximum atomic E-state index is 12.7. The van der Waals surface area contributed by atoms with Crippen LogP contribution in [0.1, 0.15) is 36.5 Å². The van der Waals surface area contributed by atoms with Crippen molar-refractivity contribution in [3.05, 3.63) is 52.9 Å². The predicted molar refractivity (Wildman–Crippen MR) is 105 cm³/mol. The molecule has 3 rings (SSSR count). The molecule has 1 aromatic carbocycles. The number of benzene rings is 1. The molecule has 0 aliphatic heterocycles. The van der Waals surface area contributed by atoms with Gasteiger partial charge in [-0.05, 0) is 54.1 Å². The lowest BCUT2D eigenvalue weighted by Crippen LogP contribution is -2.35. The Morgan fingerprint density at radius 2 is 2.14 bits per heavy atom. The molecule has 8 nitrogen and oxygen atoms in total. The first-order valence-electron chi connectivity index (χ1n) is 8.98. The number of pyridine rings is 1. The van der Waals surface area contributed by atoms with Crippen LogP contribution >= 0.6 is 11.6 Å². The molecule has 2 aromatic heterocycles. The zero-order valence-electron chi connectivity index (χ0n) is 15.6. The van der Waals surface area contributed by atoms with Crippen molar-refractivity contribution in [3.8, 4) is 16.9 Å². The maximum Gasteiger partial charge on any atom is 0.251 e. The zero-order chi connectivity index (χ0) is 20.1. The quantitative estimate of drug-likeness (QED) is 0.631. The molecule has 1 atom stereocenters. The Balaban J connectivity index is 2.09. The number of aryl methyl sites for hydroxylation is 1. The topological polar surface area (TPSA) is 106 Å². The molecule has 0 saturated carbocycles. The number of rotatable bonds is 7. The van der Waals surface area contributed by atoms with Gasteiger partial charge in [-0.3, -0.25) is 9.78 Å². The number of nitrogens with one attached hydrogen (secondary N) is 1. The summed E-state index contributed by atoms with van der Waals surface area (Å²) >= 11 is 5.94. The van der Waals surface area contributed by atoms with E-state index in [-0.39, 0.29) is 18.6 Å². The monoisotopic (exact) mass is 400 g/mol. The highest BCUT2D eigenvalue weighted by atomic mass is 35.5. The second-order valence-corrected chi connectivity index (χ2v) is 6.88. The minimum absolute atomic E-state index is 0.148. The van der Waals surface area contributed by atoms with Crippen molar-refractivity contribution < 1.29 is 9.90 Å². The van der Waals surface area contributed by atoms with E-state index < -0.39 is 0 Å². The number of aliphatic hydroxyl groups excluding tert-OH is 1. The maximum absolute atomic E-state index is 12.7. The van der Waals surface area contributed by atoms with Gasteiger partial charge in [0.2, 0.25) is 0 Å². The first-order valence-corrected chi connectivity index (χ1v) is 9.36. The van der Waals surface area contributed by atoms with Crippen molar-refractivity contribution in [2.45, 2.75) is 32.7 Å². The van der Waals surface area contributed by atoms with Crippen molar-refractivity contribution in [2.24, 2.45) is 0 Å². The van der Waals surface area contributed by atoms with Crippen molar-refractivity contribution in [3.63, 3.8) is 0 Å². The Morgan fingerprint density at radius 3 is 2.82 bits per heavy atom. The third-order valence-electron chi connectivity index (χ3n) is 4.11. The summed E-state index contributed by atoms with van der Waals surface area (Å²) in [6.45, 7) is 3.62. The van der Waals surface area contributed by atoms with Gasteiger partial charge in [0.1, 0.15) is 0 Å². The fourth-order valence-electron chi connectivity index (χ4n) is 2.70. The van der Waals surface area contributed by atoms with Crippen molar-refractivity contribution >= 4 is 17.5 Å². The molecule has 2 N–H and O–H groups in total. The molecule has 0 spiro atoms. The first kappa shape index (κ1) is 19.9. The molecule has 0 bridgehead atoms. The van der Waals surface area contributed by atoms with Crippen LogP contribution in [-0.4, -0.2) is 48.9 Å². The summed E-state index contributed by atoms with van der Waals surface area (Å²) in [5.74, 6) is 0.405. The fraction of sp³-hybridized carbons (Fsp3) is 0.316. The summed E-state index contributed by atoms with van der Waals surface area (Å²) in [4.78, 5) is 17.0. The van der Waals surface area contributed by atoms with Crippen LogP contribution in [0, 0.1) is 0 Å². The Kier molecular flexibility index (Phi) is 6.33. The summed E-state index contributed by atoms with van der Waals surface area (Å²) in [6.07, 6.45) is 3.15. The van der Waals surface area contributed by atoms with Gasteiger partial charge in [0, 0.05) is 29.8 Å². The van der Waals surface area contributed by atoms with Gasteiger partial charge < -0.3 is 10.4 Å². The number of aromatic nitrogens is 5. The molecule has 0 aliphatic carbocycles. The van der Waals surface area contributed by atoms with Crippen LogP contribution in [0.15, 0.2) is 36.5 Å². The summed E-state index contributed by atoms with van der Waals surface area (Å²) < 4.78 is 1.62. The highest BCUT2D eigenvalue weighted by Gasteiger charge is 2.16. The molecule has 9 heteroatoms. The van der Waals surface area contributed by atoms with Crippen LogP contribution in [0.4, 0.5) is 0 Å². The van der Waals surface area contributed by atoms with E-state index in [2.05, 4.69) is 25.8 Å². The molecular weight excluding hydrogens is 380 g/mol. The van der Waals surface area contributed by atoms with Gasteiger partial charge >= 0.3 is 0 Å². The number of carbonyl (C=O) groups excluding carboxylic acids is 1. The molecular formula is C19H21ClN6O2. The van der Waals surface area contributed by atoms with E-state index in [4.69, 9.17) is 11.6 Å². The largest absolute Gasteiger partial charge is 0.394 e. The minimum atomic E-state index is -0.364. The number of amides is 1. The van der Waals surface area contributed by atoms with Crippen LogP contribution in [0.5, 0.6) is 0 Å². The molecule has 0 aliphatic rings. The zero-order valence-corrected chi connectivity index (χ0v) is 16.4. The summed E-state index contributed by atoms with van der Waals surface area (Å²) in [7, 11) is 0. The van der Waals surface area contributed by atoms with E-state index in [1.807, 2.05) is 13.0 Å². The Labute approximate surface area is 167 Å². The van der Waals surface area contributed by atoms with E-state index in [1.54, 1.807) is 42.1 Å². The fourth-order valence-corrected chi connectivity index (χ4v) is 2.81. The molecule has 1 amide bonds. The SMILES string of the molecule is CCCc1nnnn1-c1cc(C(=O)N[C@@H](C)CO)cc(-c2ccc(Cl)cn2)c1. The highest BCUT2D eigenvalue weighted by Crippen LogP contribution is 2.24. The third kappa shape index (κ3) is 4.52. The third-order valence-corrected chi connectivity index (χ3v) is 4.33. The molecule has 2 heterocycles. The van der Waals surface area contributed by atoms with Gasteiger partial charge in [0.15, 0.2) is 5.82 Å². The van der Waals surface area contributed by atoms with Gasteiger partial charge in [-0.15, -0.1) is 5.10 Å². The normalized spacial score (nSPS) is 12.0. The Hall–Kier alpha value is -2.84. The second kappa shape index (κ2) is 8.90. The smallest absolute Gasteiger partial charge is 0.251 e. The van der Waals surface area contributed by atoms with Gasteiger partial charge in [-0.1, -0.05) is 18.5 Å². The predicted octanol–water partition coefficient (Wildman–Crippen LogP) is 2.44. The number of tetrazole rings is 1. The van der Waals surface area contributed by atoms with E-state index >= 15 is 0 Å². The number of hydrogen-bond acceptors (Lipinski definition) is 6. The molecule has 146 valence electrons. The molecule has 0 radical (unpaired) electrons. The summed E-state index contributed by atoms with van der Waals surface area (Å²) in [5, 5.41) is 24.4. The second-order valence-electron chi connectivity index (χ2n) is 6.44. The number of aliphatic hydroxyl groups is 1. The Morgan fingerprint density at radius 1 is 1.32 bits per heavy atom. The van der Waals surface area contributed by atoms with Crippen LogP contribution in [-0.2, 0) is 6.42 Å². The lowest BCUT2D eigenvalue weighted by Gasteiger charge is -2.13. The molecule has 0 fully saturated rings. The van der Waals surface area contributed by atoms with Crippen LogP contribution in [0.3, 0.4) is 0 Å². The number of nitrogens with zero attached hydrogens (tertiary/aromatic N) is 5. The number of carbonyl (C=O) groups is 1. The average molecular weight is 401 g/mol. The van der Waals surface area contributed by atoms with Crippen LogP contribution < -0.4 is 5.32 Å². The van der Waals surface area contributed by atoms with Gasteiger partial charge in [0.05, 0.1) is 23.0 Å². The molecule has 0 unspecified atom stereocenters. The van der Waals surface area contributed by atoms with Crippen molar-refractivity contribution in [1.29, 1.82) is 0 Å². The van der Waals surface area contributed by atoms with Gasteiger partial charge in [0.25, 0.3) is 5.91 Å². The van der Waals surface area contributed by atoms with E-state index in [0.29, 0.717) is 34.2 Å². The van der Waals surface area contributed by atoms with Crippen molar-refractivity contribution in [1.82, 2.24) is 30.5 Å². The van der Waals surface area contributed by atoms with Crippen LogP contribution in [0.25, 0.3) is 16.9 Å². The molecule has 28 heavy (non-hydrogen) atoms. The summed E-state index contributed by atoms with van der Waals surface area (Å²) in [5.41, 5.74) is 2.47. The van der Waals surface area contributed by atoms with Crippen LogP contribution in [0.2, 0.25) is 5.02 Å². The number of halogens is 1.